The molecule has 1 saturated heterocycles. The molecule has 5 nitrogen and oxygen atoms in total. The zero-order valence-corrected chi connectivity index (χ0v) is 15.6. The average Bonchev–Trinajstić information content (AvgIpc) is 3.31. The monoisotopic (exact) mass is 357 g/mol. The number of rotatable bonds is 7. The van der Waals surface area contributed by atoms with Crippen LogP contribution in [0.4, 0.5) is 0 Å². The smallest absolute Gasteiger partial charge is 0.191 e. The van der Waals surface area contributed by atoms with Gasteiger partial charge in [0.1, 0.15) is 0 Å². The van der Waals surface area contributed by atoms with E-state index in [4.69, 9.17) is 4.99 Å². The first-order valence-corrected chi connectivity index (χ1v) is 10.1. The quantitative estimate of drug-likeness (QED) is 0.591. The molecule has 1 atom stereocenters. The van der Waals surface area contributed by atoms with E-state index in [0.29, 0.717) is 6.54 Å². The Labute approximate surface area is 154 Å². The molecular formula is C19H27N5S. The normalized spacial score (nSPS) is 17.6. The molecule has 1 fully saturated rings. The van der Waals surface area contributed by atoms with Crippen LogP contribution in [0.2, 0.25) is 0 Å². The van der Waals surface area contributed by atoms with Crippen molar-refractivity contribution in [3.05, 3.63) is 53.9 Å². The third-order valence-electron chi connectivity index (χ3n) is 4.18. The molecule has 2 aromatic rings. The van der Waals surface area contributed by atoms with E-state index in [1.54, 1.807) is 0 Å². The Morgan fingerprint density at radius 3 is 3.00 bits per heavy atom. The van der Waals surface area contributed by atoms with Crippen molar-refractivity contribution in [2.45, 2.75) is 38.1 Å². The van der Waals surface area contributed by atoms with Crippen LogP contribution >= 0.6 is 11.8 Å². The number of hydrogen-bond donors (Lipinski definition) is 2. The molecule has 1 aliphatic heterocycles. The molecular weight excluding hydrogens is 330 g/mol. The van der Waals surface area contributed by atoms with Gasteiger partial charge in [-0.3, -0.25) is 4.68 Å². The summed E-state index contributed by atoms with van der Waals surface area (Å²) in [5.41, 5.74) is 2.47. The van der Waals surface area contributed by atoms with Gasteiger partial charge in [-0.2, -0.15) is 16.9 Å². The highest BCUT2D eigenvalue weighted by Crippen LogP contribution is 2.25. The number of thioether (sulfide) groups is 1. The molecule has 6 heteroatoms. The molecule has 25 heavy (non-hydrogen) atoms. The molecule has 134 valence electrons. The molecule has 1 aromatic heterocycles. The van der Waals surface area contributed by atoms with Crippen LogP contribution in [-0.4, -0.2) is 39.8 Å². The number of nitrogens with zero attached hydrogens (tertiary/aromatic N) is 3. The molecule has 1 unspecified atom stereocenters. The van der Waals surface area contributed by atoms with Gasteiger partial charge < -0.3 is 10.6 Å². The summed E-state index contributed by atoms with van der Waals surface area (Å²) >= 11 is 2.07. The van der Waals surface area contributed by atoms with Gasteiger partial charge in [-0.1, -0.05) is 24.3 Å². The van der Waals surface area contributed by atoms with Crippen LogP contribution in [0, 0.1) is 0 Å². The largest absolute Gasteiger partial charge is 0.357 e. The van der Waals surface area contributed by atoms with Crippen LogP contribution in [0.5, 0.6) is 0 Å². The van der Waals surface area contributed by atoms with Crippen molar-refractivity contribution in [2.24, 2.45) is 4.99 Å². The maximum Gasteiger partial charge on any atom is 0.191 e. The highest BCUT2D eigenvalue weighted by atomic mass is 32.2. The maximum atomic E-state index is 4.75. The fourth-order valence-corrected chi connectivity index (χ4v) is 4.14. The Bertz CT molecular complexity index is 662. The lowest BCUT2D eigenvalue weighted by Gasteiger charge is -2.14. The molecule has 1 aromatic carbocycles. The lowest BCUT2D eigenvalue weighted by molar-refractivity contribution is 0.686. The van der Waals surface area contributed by atoms with Crippen LogP contribution < -0.4 is 10.6 Å². The minimum atomic E-state index is 0.681. The van der Waals surface area contributed by atoms with Crippen molar-refractivity contribution in [1.29, 1.82) is 0 Å². The van der Waals surface area contributed by atoms with Gasteiger partial charge >= 0.3 is 0 Å². The summed E-state index contributed by atoms with van der Waals surface area (Å²) < 4.78 is 1.94. The number of hydrogen-bond acceptors (Lipinski definition) is 3. The predicted molar refractivity (Wildman–Crippen MR) is 106 cm³/mol. The van der Waals surface area contributed by atoms with Crippen LogP contribution in [0.1, 0.15) is 30.9 Å². The molecule has 0 aliphatic carbocycles. The second-order valence-electron chi connectivity index (χ2n) is 6.23. The van der Waals surface area contributed by atoms with Crippen molar-refractivity contribution in [2.75, 3.05) is 18.8 Å². The van der Waals surface area contributed by atoms with Crippen molar-refractivity contribution in [1.82, 2.24) is 20.4 Å². The molecule has 0 bridgehead atoms. The van der Waals surface area contributed by atoms with E-state index < -0.39 is 0 Å². The van der Waals surface area contributed by atoms with E-state index >= 15 is 0 Å². The zero-order valence-electron chi connectivity index (χ0n) is 14.8. The first kappa shape index (κ1) is 17.9. The summed E-state index contributed by atoms with van der Waals surface area (Å²) in [6.45, 7) is 5.45. The van der Waals surface area contributed by atoms with Crippen molar-refractivity contribution < 1.29 is 0 Å². The highest BCUT2D eigenvalue weighted by molar-refractivity contribution is 8.00. The van der Waals surface area contributed by atoms with E-state index in [1.165, 1.54) is 29.7 Å². The minimum absolute atomic E-state index is 0.681. The Kier molecular flexibility index (Phi) is 6.79. The van der Waals surface area contributed by atoms with Crippen molar-refractivity contribution in [3.63, 3.8) is 0 Å². The van der Waals surface area contributed by atoms with Gasteiger partial charge in [-0.15, -0.1) is 0 Å². The Morgan fingerprint density at radius 1 is 1.32 bits per heavy atom. The highest BCUT2D eigenvalue weighted by Gasteiger charge is 2.15. The molecule has 0 spiro atoms. The lowest BCUT2D eigenvalue weighted by atomic mass is 10.1. The lowest BCUT2D eigenvalue weighted by Crippen LogP contribution is -2.40. The molecule has 0 saturated carbocycles. The van der Waals surface area contributed by atoms with Gasteiger partial charge in [0.25, 0.3) is 0 Å². The van der Waals surface area contributed by atoms with Gasteiger partial charge in [0.05, 0.1) is 13.1 Å². The summed E-state index contributed by atoms with van der Waals surface area (Å²) in [5, 5.41) is 11.8. The summed E-state index contributed by atoms with van der Waals surface area (Å²) in [4.78, 5) is 4.75. The third kappa shape index (κ3) is 5.81. The SMILES string of the molecule is CCNC(=NCc1cccc(Cn2cccn2)c1)NCC1CCCS1. The molecule has 0 amide bonds. The number of nitrogens with one attached hydrogen (secondary N) is 2. The maximum absolute atomic E-state index is 4.75. The summed E-state index contributed by atoms with van der Waals surface area (Å²) in [6.07, 6.45) is 6.45. The van der Waals surface area contributed by atoms with Crippen LogP contribution in [0.3, 0.4) is 0 Å². The number of guanidine groups is 1. The van der Waals surface area contributed by atoms with Gasteiger partial charge in [0.2, 0.25) is 0 Å². The van der Waals surface area contributed by atoms with Crippen molar-refractivity contribution in [3.8, 4) is 0 Å². The Morgan fingerprint density at radius 2 is 2.24 bits per heavy atom. The van der Waals surface area contributed by atoms with E-state index in [2.05, 4.69) is 58.7 Å². The molecule has 3 rings (SSSR count). The third-order valence-corrected chi connectivity index (χ3v) is 5.58. The van der Waals surface area contributed by atoms with Crippen molar-refractivity contribution >= 4 is 17.7 Å². The molecule has 1 aliphatic rings. The Balaban J connectivity index is 1.57. The standard InChI is InChI=1S/C19H27N5S/c1-2-20-19(22-14-18-8-4-11-25-18)21-13-16-6-3-7-17(12-16)15-24-10-5-9-23-24/h3,5-7,9-10,12,18H,2,4,8,11,13-15H2,1H3,(H2,20,21,22). The van der Waals surface area contributed by atoms with E-state index in [-0.39, 0.29) is 0 Å². The Hall–Kier alpha value is -1.95. The molecule has 2 N–H and O–H groups in total. The summed E-state index contributed by atoms with van der Waals surface area (Å²) in [6, 6.07) is 10.5. The first-order valence-electron chi connectivity index (χ1n) is 9.02. The van der Waals surface area contributed by atoms with Crippen LogP contribution in [0.25, 0.3) is 0 Å². The fourth-order valence-electron chi connectivity index (χ4n) is 2.94. The number of benzene rings is 1. The van der Waals surface area contributed by atoms with E-state index in [1.807, 2.05) is 23.1 Å². The summed E-state index contributed by atoms with van der Waals surface area (Å²) in [5.74, 6) is 2.20. The van der Waals surface area contributed by atoms with E-state index in [0.717, 1.165) is 30.8 Å². The first-order chi connectivity index (χ1) is 12.3. The van der Waals surface area contributed by atoms with Crippen LogP contribution in [0.15, 0.2) is 47.7 Å². The average molecular weight is 358 g/mol. The van der Waals surface area contributed by atoms with Gasteiger partial charge in [0.15, 0.2) is 5.96 Å². The summed E-state index contributed by atoms with van der Waals surface area (Å²) in [7, 11) is 0. The minimum Gasteiger partial charge on any atom is -0.357 e. The van der Waals surface area contributed by atoms with Gasteiger partial charge in [-0.25, -0.2) is 4.99 Å². The van der Waals surface area contributed by atoms with E-state index in [9.17, 15) is 0 Å². The number of aromatic nitrogens is 2. The second-order valence-corrected chi connectivity index (χ2v) is 7.64. The molecule has 0 radical (unpaired) electrons. The van der Waals surface area contributed by atoms with Gasteiger partial charge in [-0.05, 0) is 42.7 Å². The molecule has 2 heterocycles. The second kappa shape index (κ2) is 9.51. The van der Waals surface area contributed by atoms with Gasteiger partial charge in [0, 0.05) is 30.7 Å². The topological polar surface area (TPSA) is 54.2 Å². The fraction of sp³-hybridized carbons (Fsp3) is 0.474. The zero-order chi connectivity index (χ0) is 17.3. The number of aliphatic imine (C=N–C) groups is 1. The van der Waals surface area contributed by atoms with Crippen LogP contribution in [-0.2, 0) is 13.1 Å². The predicted octanol–water partition coefficient (Wildman–Crippen LogP) is 2.88.